The van der Waals surface area contributed by atoms with Crippen LogP contribution in [0.3, 0.4) is 0 Å². The third kappa shape index (κ3) is 8.44. The summed E-state index contributed by atoms with van der Waals surface area (Å²) in [6.07, 6.45) is 6.01. The minimum atomic E-state index is -1.26. The molecule has 0 spiro atoms. The summed E-state index contributed by atoms with van der Waals surface area (Å²) in [5.74, 6) is -2.34. The zero-order valence-electron chi connectivity index (χ0n) is 17.5. The lowest BCUT2D eigenvalue weighted by molar-refractivity contribution is -0.134. The van der Waals surface area contributed by atoms with Crippen molar-refractivity contribution in [3.05, 3.63) is 36.2 Å². The summed E-state index contributed by atoms with van der Waals surface area (Å²) in [5.41, 5.74) is 2.04. The number of amides is 1. The molecule has 2 aliphatic heterocycles. The van der Waals surface area contributed by atoms with E-state index in [1.807, 2.05) is 23.2 Å². The number of aryl methyl sites for hydroxylation is 1. The monoisotopic (exact) mass is 434 g/mol. The molecule has 3 rings (SSSR count). The lowest BCUT2D eigenvalue weighted by atomic mass is 10.2. The van der Waals surface area contributed by atoms with Crippen LogP contribution in [-0.4, -0.2) is 100 Å². The molecule has 1 amide bonds. The first-order chi connectivity index (χ1) is 14.9. The molecule has 1 aromatic heterocycles. The van der Waals surface area contributed by atoms with Gasteiger partial charge in [-0.15, -0.1) is 0 Å². The summed E-state index contributed by atoms with van der Waals surface area (Å²) in [7, 11) is 0. The van der Waals surface area contributed by atoms with Gasteiger partial charge in [-0.1, -0.05) is 0 Å². The van der Waals surface area contributed by atoms with Crippen LogP contribution in [-0.2, 0) is 20.8 Å². The number of aliphatic carboxylic acids is 2. The van der Waals surface area contributed by atoms with Gasteiger partial charge in [0.05, 0.1) is 24.5 Å². The van der Waals surface area contributed by atoms with Gasteiger partial charge in [0.2, 0.25) is 5.91 Å². The van der Waals surface area contributed by atoms with Crippen molar-refractivity contribution in [1.82, 2.24) is 14.8 Å². The SMILES string of the molecule is O=C(CN1CCN(CCO)CC1)N1CCCCc2ncccc21.O=C(O)C=CC(=O)O. The lowest BCUT2D eigenvalue weighted by Gasteiger charge is -2.35. The number of aliphatic hydroxyl groups is 1. The highest BCUT2D eigenvalue weighted by Crippen LogP contribution is 2.24. The third-order valence-electron chi connectivity index (χ3n) is 5.11. The standard InChI is InChI=1S/C17H26N4O2.C4H4O4/c22-13-12-19-8-10-20(11-9-19)14-17(23)21-7-2-1-4-15-16(21)5-3-6-18-15;5-3(6)1-2-4(7)8/h3,5-6,22H,1-2,4,7-14H2;1-2H,(H,5,6)(H,7,8). The predicted octanol–water partition coefficient (Wildman–Crippen LogP) is 0.0726. The summed E-state index contributed by atoms with van der Waals surface area (Å²) in [6, 6.07) is 3.93. The minimum absolute atomic E-state index is 0.178. The predicted molar refractivity (Wildman–Crippen MR) is 114 cm³/mol. The number of fused-ring (bicyclic) bond motifs is 1. The fourth-order valence-corrected chi connectivity index (χ4v) is 3.54. The summed E-state index contributed by atoms with van der Waals surface area (Å²) in [5, 5.41) is 24.6. The molecular formula is C21H30N4O6. The van der Waals surface area contributed by atoms with E-state index in [1.54, 1.807) is 0 Å². The van der Waals surface area contributed by atoms with E-state index >= 15 is 0 Å². The average molecular weight is 434 g/mol. The van der Waals surface area contributed by atoms with Gasteiger partial charge in [0.1, 0.15) is 0 Å². The summed E-state index contributed by atoms with van der Waals surface area (Å²) >= 11 is 0. The van der Waals surface area contributed by atoms with Crippen LogP contribution in [0.2, 0.25) is 0 Å². The second-order valence-corrected chi connectivity index (χ2v) is 7.32. The number of carboxylic acid groups (broad SMARTS) is 2. The van der Waals surface area contributed by atoms with Crippen LogP contribution < -0.4 is 4.90 Å². The number of nitrogens with zero attached hydrogens (tertiary/aromatic N) is 4. The molecule has 10 nitrogen and oxygen atoms in total. The first-order valence-electron chi connectivity index (χ1n) is 10.3. The van der Waals surface area contributed by atoms with Gasteiger partial charge in [-0.25, -0.2) is 9.59 Å². The number of aromatic nitrogens is 1. The number of hydrogen-bond acceptors (Lipinski definition) is 7. The van der Waals surface area contributed by atoms with Crippen molar-refractivity contribution in [2.45, 2.75) is 19.3 Å². The molecule has 3 heterocycles. The van der Waals surface area contributed by atoms with Crippen LogP contribution in [0.4, 0.5) is 5.69 Å². The molecule has 1 saturated heterocycles. The Kier molecular flexibility index (Phi) is 10.1. The lowest BCUT2D eigenvalue weighted by Crippen LogP contribution is -2.50. The largest absolute Gasteiger partial charge is 0.478 e. The zero-order chi connectivity index (χ0) is 22.6. The number of β-amino-alcohol motifs (C(OH)–C–C–N with tert-alkyl or cyclic N) is 1. The van der Waals surface area contributed by atoms with Crippen LogP contribution >= 0.6 is 0 Å². The molecule has 10 heteroatoms. The maximum absolute atomic E-state index is 12.8. The van der Waals surface area contributed by atoms with E-state index in [-0.39, 0.29) is 12.5 Å². The van der Waals surface area contributed by atoms with E-state index < -0.39 is 11.9 Å². The first kappa shape index (κ1) is 24.4. The van der Waals surface area contributed by atoms with Crippen LogP contribution in [0.5, 0.6) is 0 Å². The van der Waals surface area contributed by atoms with Gasteiger partial charge >= 0.3 is 11.9 Å². The number of rotatable bonds is 6. The van der Waals surface area contributed by atoms with E-state index in [0.717, 1.165) is 69.9 Å². The van der Waals surface area contributed by atoms with Crippen molar-refractivity contribution in [3.8, 4) is 0 Å². The Labute approximate surface area is 181 Å². The molecule has 0 aliphatic carbocycles. The van der Waals surface area contributed by atoms with Crippen molar-refractivity contribution in [3.63, 3.8) is 0 Å². The molecule has 170 valence electrons. The molecule has 0 bridgehead atoms. The van der Waals surface area contributed by atoms with E-state index in [9.17, 15) is 14.4 Å². The maximum Gasteiger partial charge on any atom is 0.328 e. The zero-order valence-corrected chi connectivity index (χ0v) is 17.5. The number of pyridine rings is 1. The molecule has 0 aromatic carbocycles. The second-order valence-electron chi connectivity index (χ2n) is 7.32. The molecule has 0 radical (unpaired) electrons. The fraction of sp³-hybridized carbons (Fsp3) is 0.524. The minimum Gasteiger partial charge on any atom is -0.478 e. The molecular weight excluding hydrogens is 404 g/mol. The third-order valence-corrected chi connectivity index (χ3v) is 5.11. The van der Waals surface area contributed by atoms with Crippen molar-refractivity contribution < 1.29 is 29.7 Å². The van der Waals surface area contributed by atoms with Gasteiger partial charge < -0.3 is 20.2 Å². The highest BCUT2D eigenvalue weighted by Gasteiger charge is 2.25. The van der Waals surface area contributed by atoms with E-state index in [2.05, 4.69) is 14.8 Å². The summed E-state index contributed by atoms with van der Waals surface area (Å²) in [6.45, 7) is 5.82. The first-order valence-corrected chi connectivity index (χ1v) is 10.3. The maximum atomic E-state index is 12.8. The van der Waals surface area contributed by atoms with Crippen LogP contribution in [0.1, 0.15) is 18.5 Å². The normalized spacial score (nSPS) is 17.4. The van der Waals surface area contributed by atoms with E-state index in [4.69, 9.17) is 15.3 Å². The molecule has 0 saturated carbocycles. The second kappa shape index (κ2) is 12.8. The fourth-order valence-electron chi connectivity index (χ4n) is 3.54. The van der Waals surface area contributed by atoms with E-state index in [0.29, 0.717) is 18.7 Å². The molecule has 1 aromatic rings. The van der Waals surface area contributed by atoms with Gasteiger partial charge in [-0.3, -0.25) is 19.6 Å². The highest BCUT2D eigenvalue weighted by molar-refractivity contribution is 5.95. The number of carbonyl (C=O) groups excluding carboxylic acids is 1. The topological polar surface area (TPSA) is 135 Å². The smallest absolute Gasteiger partial charge is 0.328 e. The Morgan fingerprint density at radius 1 is 0.968 bits per heavy atom. The quantitative estimate of drug-likeness (QED) is 0.532. The van der Waals surface area contributed by atoms with Gasteiger partial charge in [0.25, 0.3) is 0 Å². The van der Waals surface area contributed by atoms with Crippen molar-refractivity contribution in [2.24, 2.45) is 0 Å². The Bertz CT molecular complexity index is 761. The molecule has 0 unspecified atom stereocenters. The summed E-state index contributed by atoms with van der Waals surface area (Å²) in [4.78, 5) is 42.7. The number of hydrogen-bond donors (Lipinski definition) is 3. The Morgan fingerprint density at radius 2 is 1.61 bits per heavy atom. The molecule has 2 aliphatic rings. The van der Waals surface area contributed by atoms with Crippen molar-refractivity contribution in [1.29, 1.82) is 0 Å². The number of anilines is 1. The van der Waals surface area contributed by atoms with Crippen LogP contribution in [0.25, 0.3) is 0 Å². The molecule has 1 fully saturated rings. The Balaban J connectivity index is 0.000000366. The summed E-state index contributed by atoms with van der Waals surface area (Å²) < 4.78 is 0. The van der Waals surface area contributed by atoms with Gasteiger partial charge in [0.15, 0.2) is 0 Å². The van der Waals surface area contributed by atoms with Crippen molar-refractivity contribution >= 4 is 23.5 Å². The highest BCUT2D eigenvalue weighted by atomic mass is 16.4. The van der Waals surface area contributed by atoms with Crippen LogP contribution in [0, 0.1) is 0 Å². The van der Waals surface area contributed by atoms with E-state index in [1.165, 1.54) is 0 Å². The van der Waals surface area contributed by atoms with Gasteiger partial charge in [-0.2, -0.15) is 0 Å². The van der Waals surface area contributed by atoms with Crippen LogP contribution in [0.15, 0.2) is 30.5 Å². The van der Waals surface area contributed by atoms with Gasteiger partial charge in [-0.05, 0) is 31.4 Å². The number of aliphatic hydroxyl groups excluding tert-OH is 1. The number of piperazine rings is 1. The number of carboxylic acids is 2. The average Bonchev–Trinajstić information content (AvgIpc) is 2.97. The molecule has 3 N–H and O–H groups in total. The molecule has 0 atom stereocenters. The van der Waals surface area contributed by atoms with Gasteiger partial charge in [0, 0.05) is 57.6 Å². The van der Waals surface area contributed by atoms with Crippen molar-refractivity contribution in [2.75, 3.05) is 57.3 Å². The number of carbonyl (C=O) groups is 3. The Hall–Kier alpha value is -2.82. The molecule has 31 heavy (non-hydrogen) atoms. The Morgan fingerprint density at radius 3 is 2.23 bits per heavy atom.